The van der Waals surface area contributed by atoms with Crippen LogP contribution in [0, 0.1) is 11.3 Å². The maximum Gasteiger partial charge on any atom is 0.435 e. The number of aromatic nitrogens is 2. The fourth-order valence-corrected chi connectivity index (χ4v) is 3.81. The molecular weight excluding hydrogens is 453 g/mol. The number of nitrogens with one attached hydrogen (secondary N) is 1. The summed E-state index contributed by atoms with van der Waals surface area (Å²) in [6.07, 6.45) is -0.0289. The molecule has 3 aromatic rings. The summed E-state index contributed by atoms with van der Waals surface area (Å²) in [4.78, 5) is 12.9. The lowest BCUT2D eigenvalue weighted by Crippen LogP contribution is -2.17. The summed E-state index contributed by atoms with van der Waals surface area (Å²) in [6, 6.07) is 15.7. The average Bonchev–Trinajstić information content (AvgIpc) is 3.33. The molecule has 1 saturated carbocycles. The summed E-state index contributed by atoms with van der Waals surface area (Å²) in [5.41, 5.74) is 0.398. The van der Waals surface area contributed by atoms with E-state index in [0.717, 1.165) is 42.3 Å². The molecule has 5 nitrogen and oxygen atoms in total. The Balaban J connectivity index is 1.57. The van der Waals surface area contributed by atoms with Crippen LogP contribution in [0.4, 0.5) is 18.9 Å². The van der Waals surface area contributed by atoms with E-state index in [1.165, 1.54) is 24.3 Å². The van der Waals surface area contributed by atoms with Crippen LogP contribution in [0.15, 0.2) is 54.6 Å². The second-order valence-electron chi connectivity index (χ2n) is 8.15. The molecule has 33 heavy (non-hydrogen) atoms. The fraction of sp³-hybridized carbons (Fsp3) is 0.292. The minimum Gasteiger partial charge on any atom is -0.321 e. The van der Waals surface area contributed by atoms with E-state index in [9.17, 15) is 18.0 Å². The third-order valence-electron chi connectivity index (χ3n) is 5.52. The highest BCUT2D eigenvalue weighted by Crippen LogP contribution is 2.46. The van der Waals surface area contributed by atoms with Crippen LogP contribution in [0.5, 0.6) is 0 Å². The monoisotopic (exact) mass is 472 g/mol. The first-order valence-electron chi connectivity index (χ1n) is 10.4. The lowest BCUT2D eigenvalue weighted by molar-refractivity contribution is -0.141. The van der Waals surface area contributed by atoms with Crippen molar-refractivity contribution in [3.8, 4) is 11.8 Å². The van der Waals surface area contributed by atoms with Gasteiger partial charge in [-0.05, 0) is 68.0 Å². The van der Waals surface area contributed by atoms with Crippen LogP contribution in [-0.4, -0.2) is 20.6 Å². The highest BCUT2D eigenvalue weighted by Gasteiger charge is 2.39. The maximum atomic E-state index is 13.3. The molecular formula is C24H20ClF3N4O. The Bertz CT molecular complexity index is 1220. The number of benzene rings is 2. The van der Waals surface area contributed by atoms with Gasteiger partial charge in [-0.25, -0.2) is 4.68 Å². The molecule has 0 aliphatic heterocycles. The third-order valence-corrected chi connectivity index (χ3v) is 6.09. The van der Waals surface area contributed by atoms with Gasteiger partial charge in [0.15, 0.2) is 5.69 Å². The molecule has 1 fully saturated rings. The van der Waals surface area contributed by atoms with Gasteiger partial charge in [0.2, 0.25) is 0 Å². The number of rotatable bonds is 7. The van der Waals surface area contributed by atoms with Gasteiger partial charge in [0.25, 0.3) is 5.91 Å². The van der Waals surface area contributed by atoms with Gasteiger partial charge in [-0.15, -0.1) is 11.6 Å². The van der Waals surface area contributed by atoms with E-state index in [4.69, 9.17) is 16.9 Å². The number of hydrogen-bond donors (Lipinski definition) is 1. The summed E-state index contributed by atoms with van der Waals surface area (Å²) in [5.74, 6) is -0.741. The first-order chi connectivity index (χ1) is 15.7. The number of nitriles is 1. The number of anilines is 1. The van der Waals surface area contributed by atoms with Crippen LogP contribution in [0.3, 0.4) is 0 Å². The summed E-state index contributed by atoms with van der Waals surface area (Å²) in [6.45, 7) is 0. The van der Waals surface area contributed by atoms with Gasteiger partial charge in [-0.1, -0.05) is 18.2 Å². The van der Waals surface area contributed by atoms with Crippen LogP contribution < -0.4 is 5.32 Å². The lowest BCUT2D eigenvalue weighted by atomic mass is 10.1. The normalized spacial score (nSPS) is 14.5. The molecule has 1 heterocycles. The predicted molar refractivity (Wildman–Crippen MR) is 118 cm³/mol. The van der Waals surface area contributed by atoms with Crippen molar-refractivity contribution in [3.63, 3.8) is 0 Å². The van der Waals surface area contributed by atoms with E-state index in [1.807, 2.05) is 12.1 Å². The van der Waals surface area contributed by atoms with E-state index < -0.39 is 17.8 Å². The molecule has 1 amide bonds. The summed E-state index contributed by atoms with van der Waals surface area (Å²) >= 11 is 6.33. The van der Waals surface area contributed by atoms with Crippen molar-refractivity contribution < 1.29 is 18.0 Å². The fourth-order valence-electron chi connectivity index (χ4n) is 3.58. The predicted octanol–water partition coefficient (Wildman–Crippen LogP) is 6.11. The first kappa shape index (κ1) is 22.9. The molecule has 1 aliphatic rings. The molecule has 0 radical (unpaired) electrons. The van der Waals surface area contributed by atoms with Crippen LogP contribution >= 0.6 is 11.6 Å². The highest BCUT2D eigenvalue weighted by molar-refractivity contribution is 6.25. The van der Waals surface area contributed by atoms with E-state index in [0.29, 0.717) is 11.8 Å². The Morgan fingerprint density at radius 3 is 2.64 bits per heavy atom. The largest absolute Gasteiger partial charge is 0.435 e. The number of halogens is 4. The van der Waals surface area contributed by atoms with Crippen molar-refractivity contribution in [1.82, 2.24) is 9.78 Å². The Labute approximate surface area is 193 Å². The Kier molecular flexibility index (Phi) is 6.17. The molecule has 1 N–H and O–H groups in total. The summed E-state index contributed by atoms with van der Waals surface area (Å²) in [7, 11) is 0. The zero-order chi connectivity index (χ0) is 23.6. The Hall–Kier alpha value is -3.31. The van der Waals surface area contributed by atoms with E-state index in [1.54, 1.807) is 18.2 Å². The second kappa shape index (κ2) is 8.91. The molecule has 4 rings (SSSR count). The molecule has 9 heteroatoms. The number of carbonyl (C=O) groups is 1. The van der Waals surface area contributed by atoms with Gasteiger partial charge in [0.1, 0.15) is 5.69 Å². The van der Waals surface area contributed by atoms with Crippen molar-refractivity contribution >= 4 is 23.2 Å². The molecule has 0 saturated heterocycles. The van der Waals surface area contributed by atoms with Crippen molar-refractivity contribution in [2.24, 2.45) is 0 Å². The molecule has 0 unspecified atom stereocenters. The molecule has 2 aromatic carbocycles. The zero-order valence-electron chi connectivity index (χ0n) is 17.5. The van der Waals surface area contributed by atoms with Gasteiger partial charge in [0.05, 0.1) is 17.3 Å². The number of carbonyl (C=O) groups excluding carboxylic acids is 1. The molecule has 0 bridgehead atoms. The minimum atomic E-state index is -4.73. The van der Waals surface area contributed by atoms with E-state index in [2.05, 4.69) is 10.4 Å². The van der Waals surface area contributed by atoms with Crippen LogP contribution in [-0.2, 0) is 12.6 Å². The standard InChI is InChI=1S/C24H20ClF3N4O/c25-23(10-11-23)9-3-6-16-4-1-7-18(12-16)30-22(33)20-14-21(24(26,27)28)31-32(20)19-8-2-5-17(13-19)15-29/h1-2,4-5,7-8,12-14H,3,6,9-11H2,(H,30,33). The number of amides is 1. The summed E-state index contributed by atoms with van der Waals surface area (Å²) < 4.78 is 40.9. The zero-order valence-corrected chi connectivity index (χ0v) is 18.2. The van der Waals surface area contributed by atoms with Crippen LogP contribution in [0.2, 0.25) is 0 Å². The van der Waals surface area contributed by atoms with Gasteiger partial charge >= 0.3 is 6.18 Å². The van der Waals surface area contributed by atoms with Gasteiger partial charge < -0.3 is 5.32 Å². The second-order valence-corrected chi connectivity index (χ2v) is 8.95. The van der Waals surface area contributed by atoms with Gasteiger partial charge in [-0.2, -0.15) is 23.5 Å². The maximum absolute atomic E-state index is 13.3. The molecule has 0 atom stereocenters. The summed E-state index contributed by atoms with van der Waals surface area (Å²) in [5, 5.41) is 15.4. The van der Waals surface area contributed by atoms with Crippen molar-refractivity contribution in [2.45, 2.75) is 43.2 Å². The smallest absolute Gasteiger partial charge is 0.321 e. The average molecular weight is 473 g/mol. The van der Waals surface area contributed by atoms with E-state index in [-0.39, 0.29) is 21.8 Å². The van der Waals surface area contributed by atoms with Crippen molar-refractivity contribution in [3.05, 3.63) is 77.1 Å². The topological polar surface area (TPSA) is 70.7 Å². The van der Waals surface area contributed by atoms with Gasteiger partial charge in [0, 0.05) is 16.6 Å². The SMILES string of the molecule is N#Cc1cccc(-n2nc(C(F)(F)F)cc2C(=O)Nc2cccc(CCCC3(Cl)CC3)c2)c1. The van der Waals surface area contributed by atoms with Crippen molar-refractivity contribution in [1.29, 1.82) is 5.26 Å². The molecule has 1 aliphatic carbocycles. The highest BCUT2D eigenvalue weighted by atomic mass is 35.5. The Morgan fingerprint density at radius 1 is 1.18 bits per heavy atom. The van der Waals surface area contributed by atoms with Crippen LogP contribution in [0.1, 0.15) is 53.0 Å². The number of aryl methyl sites for hydroxylation is 1. The third kappa shape index (κ3) is 5.55. The lowest BCUT2D eigenvalue weighted by Gasteiger charge is -2.10. The minimum absolute atomic E-state index is 0.0523. The molecule has 0 spiro atoms. The molecule has 170 valence electrons. The molecule has 1 aromatic heterocycles. The first-order valence-corrected chi connectivity index (χ1v) is 10.8. The Morgan fingerprint density at radius 2 is 1.94 bits per heavy atom. The van der Waals surface area contributed by atoms with Gasteiger partial charge in [-0.3, -0.25) is 4.79 Å². The van der Waals surface area contributed by atoms with Crippen molar-refractivity contribution in [2.75, 3.05) is 5.32 Å². The number of hydrogen-bond acceptors (Lipinski definition) is 3. The quantitative estimate of drug-likeness (QED) is 0.422. The number of nitrogens with zero attached hydrogens (tertiary/aromatic N) is 3. The van der Waals surface area contributed by atoms with E-state index >= 15 is 0 Å². The number of alkyl halides is 4. The van der Waals surface area contributed by atoms with Crippen LogP contribution in [0.25, 0.3) is 5.69 Å².